The summed E-state index contributed by atoms with van der Waals surface area (Å²) in [5.74, 6) is 0.311. The Hall–Kier alpha value is -3.23. The van der Waals surface area contributed by atoms with E-state index in [4.69, 9.17) is 9.88 Å². The van der Waals surface area contributed by atoms with Crippen molar-refractivity contribution in [3.63, 3.8) is 0 Å². The molecule has 0 spiro atoms. The Kier molecular flexibility index (Phi) is 5.43. The van der Waals surface area contributed by atoms with E-state index >= 15 is 0 Å². The SMILES string of the molecule is C=CCOc1ccccc1/C=C1\C(=O)N(c2ccc(S(N)(=O)=O)cc2)N=C1C. The van der Waals surface area contributed by atoms with Crippen molar-refractivity contribution in [2.24, 2.45) is 10.2 Å². The van der Waals surface area contributed by atoms with E-state index in [1.807, 2.05) is 24.3 Å². The van der Waals surface area contributed by atoms with Crippen LogP contribution in [0.5, 0.6) is 5.75 Å². The average molecular weight is 397 g/mol. The molecular formula is C20H19N3O4S. The lowest BCUT2D eigenvalue weighted by molar-refractivity contribution is -0.114. The number of rotatable bonds is 6. The standard InChI is InChI=1S/C20H19N3O4S/c1-3-12-27-19-7-5-4-6-15(19)13-18-14(2)22-23(20(18)24)16-8-10-17(11-9-16)28(21,25)26/h3-11,13H,1,12H2,2H3,(H2,21,25,26)/b18-13-. The van der Waals surface area contributed by atoms with Crippen LogP contribution in [0.1, 0.15) is 12.5 Å². The molecule has 1 amide bonds. The molecule has 0 aromatic heterocycles. The molecule has 0 unspecified atom stereocenters. The lowest BCUT2D eigenvalue weighted by atomic mass is 10.1. The molecule has 0 saturated carbocycles. The zero-order valence-electron chi connectivity index (χ0n) is 15.2. The van der Waals surface area contributed by atoms with Crippen LogP contribution in [0.2, 0.25) is 0 Å². The van der Waals surface area contributed by atoms with Gasteiger partial charge in [-0.2, -0.15) is 10.1 Å². The van der Waals surface area contributed by atoms with E-state index in [0.717, 1.165) is 5.56 Å². The van der Waals surface area contributed by atoms with Gasteiger partial charge in [0.05, 0.1) is 21.9 Å². The van der Waals surface area contributed by atoms with Crippen LogP contribution in [-0.2, 0) is 14.8 Å². The molecule has 0 saturated heterocycles. The number of hydrogen-bond donors (Lipinski definition) is 1. The van der Waals surface area contributed by atoms with Gasteiger partial charge < -0.3 is 4.74 Å². The number of anilines is 1. The van der Waals surface area contributed by atoms with Crippen LogP contribution in [-0.4, -0.2) is 26.6 Å². The van der Waals surface area contributed by atoms with Gasteiger partial charge in [-0.25, -0.2) is 13.6 Å². The Morgan fingerprint density at radius 1 is 1.18 bits per heavy atom. The molecule has 2 aromatic carbocycles. The van der Waals surface area contributed by atoms with Crippen molar-refractivity contribution in [3.8, 4) is 5.75 Å². The van der Waals surface area contributed by atoms with Gasteiger partial charge in [0.15, 0.2) is 0 Å². The number of primary sulfonamides is 1. The van der Waals surface area contributed by atoms with Crippen molar-refractivity contribution < 1.29 is 17.9 Å². The quantitative estimate of drug-likeness (QED) is 0.598. The molecule has 0 fully saturated rings. The molecule has 28 heavy (non-hydrogen) atoms. The third-order valence-electron chi connectivity index (χ3n) is 4.05. The van der Waals surface area contributed by atoms with Crippen LogP contribution in [0.4, 0.5) is 5.69 Å². The molecule has 8 heteroatoms. The molecule has 2 N–H and O–H groups in total. The fraction of sp³-hybridized carbons (Fsp3) is 0.100. The van der Waals surface area contributed by atoms with E-state index in [-0.39, 0.29) is 10.8 Å². The summed E-state index contributed by atoms with van der Waals surface area (Å²) in [6, 6.07) is 13.0. The number of nitrogens with two attached hydrogens (primary N) is 1. The van der Waals surface area contributed by atoms with Gasteiger partial charge in [-0.15, -0.1) is 0 Å². The van der Waals surface area contributed by atoms with Crippen molar-refractivity contribution in [3.05, 3.63) is 72.3 Å². The fourth-order valence-electron chi connectivity index (χ4n) is 2.67. The van der Waals surface area contributed by atoms with Crippen molar-refractivity contribution in [1.82, 2.24) is 0 Å². The maximum absolute atomic E-state index is 12.9. The summed E-state index contributed by atoms with van der Waals surface area (Å²) >= 11 is 0. The normalized spacial score (nSPS) is 15.6. The van der Waals surface area contributed by atoms with Gasteiger partial charge in [-0.1, -0.05) is 30.9 Å². The predicted molar refractivity (Wildman–Crippen MR) is 109 cm³/mol. The summed E-state index contributed by atoms with van der Waals surface area (Å²) in [5.41, 5.74) is 2.15. The van der Waals surface area contributed by atoms with Crippen LogP contribution in [0, 0.1) is 0 Å². The third kappa shape index (κ3) is 4.03. The molecule has 1 heterocycles. The Morgan fingerprint density at radius 2 is 1.86 bits per heavy atom. The Balaban J connectivity index is 1.91. The van der Waals surface area contributed by atoms with Crippen LogP contribution in [0.15, 0.2) is 76.8 Å². The first-order valence-electron chi connectivity index (χ1n) is 8.38. The Morgan fingerprint density at radius 3 is 2.50 bits per heavy atom. The molecule has 0 radical (unpaired) electrons. The average Bonchev–Trinajstić information content (AvgIpc) is 2.95. The molecule has 0 bridgehead atoms. The number of amides is 1. The predicted octanol–water partition coefficient (Wildman–Crippen LogP) is 2.70. The van der Waals surface area contributed by atoms with Gasteiger partial charge >= 0.3 is 0 Å². The lowest BCUT2D eigenvalue weighted by Gasteiger charge is -2.12. The number of carbonyl (C=O) groups excluding carboxylic acids is 1. The highest BCUT2D eigenvalue weighted by atomic mass is 32.2. The summed E-state index contributed by atoms with van der Waals surface area (Å²) in [6.07, 6.45) is 3.36. The van der Waals surface area contributed by atoms with Gasteiger partial charge in [0.2, 0.25) is 10.0 Å². The van der Waals surface area contributed by atoms with Gasteiger partial charge in [-0.3, -0.25) is 4.79 Å². The summed E-state index contributed by atoms with van der Waals surface area (Å²) in [6.45, 7) is 5.71. The van der Waals surface area contributed by atoms with E-state index in [0.29, 0.717) is 29.3 Å². The van der Waals surface area contributed by atoms with Crippen molar-refractivity contribution in [2.75, 3.05) is 11.6 Å². The van der Waals surface area contributed by atoms with Gasteiger partial charge in [-0.05, 0) is 43.3 Å². The van der Waals surface area contributed by atoms with E-state index in [9.17, 15) is 13.2 Å². The zero-order chi connectivity index (χ0) is 20.3. The second-order valence-corrected chi connectivity index (χ2v) is 7.60. The van der Waals surface area contributed by atoms with E-state index < -0.39 is 10.0 Å². The maximum atomic E-state index is 12.9. The van der Waals surface area contributed by atoms with Crippen LogP contribution < -0.4 is 14.9 Å². The number of carbonyl (C=O) groups is 1. The first-order valence-corrected chi connectivity index (χ1v) is 9.93. The van der Waals surface area contributed by atoms with Crippen LogP contribution in [0.25, 0.3) is 6.08 Å². The molecular weight excluding hydrogens is 378 g/mol. The first kappa shape index (κ1) is 19.5. The summed E-state index contributed by atoms with van der Waals surface area (Å²) in [4.78, 5) is 12.8. The highest BCUT2D eigenvalue weighted by molar-refractivity contribution is 7.89. The number of para-hydroxylation sites is 1. The fourth-order valence-corrected chi connectivity index (χ4v) is 3.19. The zero-order valence-corrected chi connectivity index (χ0v) is 16.0. The first-order chi connectivity index (χ1) is 13.3. The molecule has 0 aliphatic carbocycles. The number of hydrogen-bond acceptors (Lipinski definition) is 5. The summed E-state index contributed by atoms with van der Waals surface area (Å²) in [7, 11) is -3.80. The van der Waals surface area contributed by atoms with Crippen molar-refractivity contribution >= 4 is 33.4 Å². The maximum Gasteiger partial charge on any atom is 0.280 e. The van der Waals surface area contributed by atoms with E-state index in [1.54, 1.807) is 19.1 Å². The molecule has 1 aliphatic heterocycles. The number of hydrazone groups is 1. The summed E-state index contributed by atoms with van der Waals surface area (Å²) in [5, 5.41) is 10.6. The Bertz CT molecular complexity index is 1090. The number of ether oxygens (including phenoxy) is 1. The topological polar surface area (TPSA) is 102 Å². The third-order valence-corrected chi connectivity index (χ3v) is 4.98. The van der Waals surface area contributed by atoms with Crippen molar-refractivity contribution in [2.45, 2.75) is 11.8 Å². The number of nitrogens with zero attached hydrogens (tertiary/aromatic N) is 2. The van der Waals surface area contributed by atoms with E-state index in [2.05, 4.69) is 11.7 Å². The second-order valence-electron chi connectivity index (χ2n) is 6.04. The van der Waals surface area contributed by atoms with Gasteiger partial charge in [0.1, 0.15) is 12.4 Å². The molecule has 3 rings (SSSR count). The van der Waals surface area contributed by atoms with Gasteiger partial charge in [0.25, 0.3) is 5.91 Å². The highest BCUT2D eigenvalue weighted by Crippen LogP contribution is 2.28. The molecule has 2 aromatic rings. The smallest absolute Gasteiger partial charge is 0.280 e. The second kappa shape index (κ2) is 7.79. The molecule has 0 atom stereocenters. The Labute approximate surface area is 163 Å². The highest BCUT2D eigenvalue weighted by Gasteiger charge is 2.29. The van der Waals surface area contributed by atoms with Crippen LogP contribution in [0.3, 0.4) is 0 Å². The lowest BCUT2D eigenvalue weighted by Crippen LogP contribution is -2.21. The largest absolute Gasteiger partial charge is 0.489 e. The monoisotopic (exact) mass is 397 g/mol. The summed E-state index contributed by atoms with van der Waals surface area (Å²) < 4.78 is 28.4. The number of benzene rings is 2. The molecule has 1 aliphatic rings. The van der Waals surface area contributed by atoms with Crippen LogP contribution >= 0.6 is 0 Å². The molecule has 7 nitrogen and oxygen atoms in total. The minimum absolute atomic E-state index is 0.0346. The minimum Gasteiger partial charge on any atom is -0.489 e. The van der Waals surface area contributed by atoms with Crippen molar-refractivity contribution in [1.29, 1.82) is 0 Å². The minimum atomic E-state index is -3.80. The van der Waals surface area contributed by atoms with Gasteiger partial charge in [0, 0.05) is 5.56 Å². The number of sulfonamides is 1. The van der Waals surface area contributed by atoms with E-state index in [1.165, 1.54) is 29.3 Å². The molecule has 144 valence electrons.